The largest absolute Gasteiger partial charge is 0.459 e. The third kappa shape index (κ3) is 2.76. The molecule has 0 aliphatic heterocycles. The summed E-state index contributed by atoms with van der Waals surface area (Å²) >= 11 is 2.35. The van der Waals surface area contributed by atoms with Crippen molar-refractivity contribution in [3.05, 3.63) is 63.4 Å². The first kappa shape index (κ1) is 12.5. The molecule has 0 saturated heterocycles. The molecular weight excluding hydrogens is 349 g/mol. The number of hydrogen-bond donors (Lipinski definition) is 1. The van der Waals surface area contributed by atoms with E-state index >= 15 is 0 Å². The van der Waals surface area contributed by atoms with Crippen molar-refractivity contribution in [2.75, 3.05) is 5.32 Å². The maximum absolute atomic E-state index is 5.78. The number of anilines is 1. The standard InChI is InChI=1S/C16H14INO/c1-11-6-7-13(9-15(11)17)18-10-14-8-12-4-2-3-5-16(12)19-14/h2-9,18H,10H2,1H3. The highest BCUT2D eigenvalue weighted by Crippen LogP contribution is 2.21. The van der Waals surface area contributed by atoms with Gasteiger partial charge in [0.2, 0.25) is 0 Å². The first-order valence-electron chi connectivity index (χ1n) is 6.20. The first-order chi connectivity index (χ1) is 9.22. The van der Waals surface area contributed by atoms with E-state index in [0.717, 1.165) is 22.4 Å². The Balaban J connectivity index is 1.76. The highest BCUT2D eigenvalue weighted by atomic mass is 127. The zero-order valence-corrected chi connectivity index (χ0v) is 12.8. The molecule has 0 saturated carbocycles. The summed E-state index contributed by atoms with van der Waals surface area (Å²) in [5, 5.41) is 4.54. The highest BCUT2D eigenvalue weighted by Gasteiger charge is 2.03. The molecule has 19 heavy (non-hydrogen) atoms. The van der Waals surface area contributed by atoms with E-state index < -0.39 is 0 Å². The maximum Gasteiger partial charge on any atom is 0.134 e. The van der Waals surface area contributed by atoms with Crippen LogP contribution >= 0.6 is 22.6 Å². The number of furan rings is 1. The first-order valence-corrected chi connectivity index (χ1v) is 7.28. The molecule has 2 aromatic carbocycles. The van der Waals surface area contributed by atoms with Crippen LogP contribution in [0.3, 0.4) is 0 Å². The van der Waals surface area contributed by atoms with Gasteiger partial charge in [0.1, 0.15) is 11.3 Å². The molecule has 96 valence electrons. The summed E-state index contributed by atoms with van der Waals surface area (Å²) in [5.41, 5.74) is 3.36. The van der Waals surface area contributed by atoms with Gasteiger partial charge in [0.05, 0.1) is 6.54 Å². The smallest absolute Gasteiger partial charge is 0.134 e. The predicted octanol–water partition coefficient (Wildman–Crippen LogP) is 4.96. The van der Waals surface area contributed by atoms with Crippen molar-refractivity contribution in [1.29, 1.82) is 0 Å². The summed E-state index contributed by atoms with van der Waals surface area (Å²) in [4.78, 5) is 0. The lowest BCUT2D eigenvalue weighted by Crippen LogP contribution is -1.98. The minimum absolute atomic E-state index is 0.702. The lowest BCUT2D eigenvalue weighted by Gasteiger charge is -2.06. The van der Waals surface area contributed by atoms with Crippen molar-refractivity contribution >= 4 is 39.2 Å². The number of halogens is 1. The average Bonchev–Trinajstić information content (AvgIpc) is 2.83. The molecule has 0 aliphatic carbocycles. The van der Waals surface area contributed by atoms with Crippen molar-refractivity contribution in [1.82, 2.24) is 0 Å². The topological polar surface area (TPSA) is 25.2 Å². The summed E-state index contributed by atoms with van der Waals surface area (Å²) in [7, 11) is 0. The Morgan fingerprint density at radius 2 is 1.95 bits per heavy atom. The number of nitrogens with one attached hydrogen (secondary N) is 1. The van der Waals surface area contributed by atoms with Gasteiger partial charge in [-0.3, -0.25) is 0 Å². The summed E-state index contributed by atoms with van der Waals surface area (Å²) < 4.78 is 7.05. The minimum Gasteiger partial charge on any atom is -0.459 e. The van der Waals surface area contributed by atoms with Crippen LogP contribution in [-0.2, 0) is 6.54 Å². The van der Waals surface area contributed by atoms with Crippen LogP contribution in [0.25, 0.3) is 11.0 Å². The second-order valence-electron chi connectivity index (χ2n) is 4.57. The molecule has 3 rings (SSSR count). The van der Waals surface area contributed by atoms with Crippen LogP contribution < -0.4 is 5.32 Å². The molecule has 0 fully saturated rings. The molecule has 0 unspecified atom stereocenters. The minimum atomic E-state index is 0.702. The van der Waals surface area contributed by atoms with Gasteiger partial charge in [-0.05, 0) is 59.3 Å². The van der Waals surface area contributed by atoms with Gasteiger partial charge < -0.3 is 9.73 Å². The second kappa shape index (κ2) is 5.25. The molecule has 0 atom stereocenters. The number of para-hydroxylation sites is 1. The fraction of sp³-hybridized carbons (Fsp3) is 0.125. The molecule has 0 amide bonds. The van der Waals surface area contributed by atoms with Crippen molar-refractivity contribution in [2.45, 2.75) is 13.5 Å². The number of fused-ring (bicyclic) bond motifs is 1. The molecule has 3 heteroatoms. The van der Waals surface area contributed by atoms with E-state index in [1.54, 1.807) is 0 Å². The van der Waals surface area contributed by atoms with E-state index in [4.69, 9.17) is 4.42 Å². The second-order valence-corrected chi connectivity index (χ2v) is 5.73. The zero-order chi connectivity index (χ0) is 13.2. The molecule has 3 aromatic rings. The average molecular weight is 363 g/mol. The molecule has 1 heterocycles. The Hall–Kier alpha value is -1.49. The Bertz CT molecular complexity index is 685. The molecule has 0 aliphatic rings. The molecular formula is C16H14INO. The lowest BCUT2D eigenvalue weighted by molar-refractivity contribution is 0.559. The maximum atomic E-state index is 5.78. The van der Waals surface area contributed by atoms with E-state index in [-0.39, 0.29) is 0 Å². The molecule has 1 N–H and O–H groups in total. The SMILES string of the molecule is Cc1ccc(NCc2cc3ccccc3o2)cc1I. The van der Waals surface area contributed by atoms with Crippen molar-refractivity contribution < 1.29 is 4.42 Å². The van der Waals surface area contributed by atoms with Gasteiger partial charge in [0.15, 0.2) is 0 Å². The van der Waals surface area contributed by atoms with Crippen LogP contribution in [0.4, 0.5) is 5.69 Å². The van der Waals surface area contributed by atoms with E-state index in [1.165, 1.54) is 9.13 Å². The predicted molar refractivity (Wildman–Crippen MR) is 87.4 cm³/mol. The number of rotatable bonds is 3. The number of benzene rings is 2. The van der Waals surface area contributed by atoms with Gasteiger partial charge in [-0.25, -0.2) is 0 Å². The van der Waals surface area contributed by atoms with E-state index in [0.29, 0.717) is 6.54 Å². The third-order valence-corrected chi connectivity index (χ3v) is 4.28. The summed E-state index contributed by atoms with van der Waals surface area (Å²) in [6, 6.07) is 16.5. The fourth-order valence-corrected chi connectivity index (χ4v) is 2.53. The van der Waals surface area contributed by atoms with Crippen LogP contribution in [0.15, 0.2) is 52.9 Å². The molecule has 0 bridgehead atoms. The van der Waals surface area contributed by atoms with Crippen molar-refractivity contribution in [3.8, 4) is 0 Å². The number of hydrogen-bond acceptors (Lipinski definition) is 2. The Morgan fingerprint density at radius 1 is 1.11 bits per heavy atom. The van der Waals surface area contributed by atoms with Gasteiger partial charge in [-0.2, -0.15) is 0 Å². The van der Waals surface area contributed by atoms with Gasteiger partial charge in [0.25, 0.3) is 0 Å². The molecule has 2 nitrogen and oxygen atoms in total. The van der Waals surface area contributed by atoms with Crippen molar-refractivity contribution in [2.24, 2.45) is 0 Å². The highest BCUT2D eigenvalue weighted by molar-refractivity contribution is 14.1. The quantitative estimate of drug-likeness (QED) is 0.666. The Labute approximate surface area is 126 Å². The monoisotopic (exact) mass is 363 g/mol. The van der Waals surface area contributed by atoms with Crippen LogP contribution in [0.1, 0.15) is 11.3 Å². The van der Waals surface area contributed by atoms with Gasteiger partial charge in [-0.15, -0.1) is 0 Å². The number of aryl methyl sites for hydroxylation is 1. The van der Waals surface area contributed by atoms with Crippen LogP contribution in [0, 0.1) is 10.5 Å². The summed E-state index contributed by atoms with van der Waals surface area (Å²) in [5.74, 6) is 0.955. The van der Waals surface area contributed by atoms with Gasteiger partial charge >= 0.3 is 0 Å². The van der Waals surface area contributed by atoms with E-state index in [9.17, 15) is 0 Å². The molecule has 0 radical (unpaired) electrons. The van der Waals surface area contributed by atoms with Crippen LogP contribution in [-0.4, -0.2) is 0 Å². The van der Waals surface area contributed by atoms with E-state index in [2.05, 4.69) is 65.2 Å². The fourth-order valence-electron chi connectivity index (χ4n) is 2.02. The van der Waals surface area contributed by atoms with Crippen LogP contribution in [0.5, 0.6) is 0 Å². The lowest BCUT2D eigenvalue weighted by atomic mass is 10.2. The summed E-state index contributed by atoms with van der Waals surface area (Å²) in [6.45, 7) is 2.82. The Kier molecular flexibility index (Phi) is 3.46. The molecule has 0 spiro atoms. The zero-order valence-electron chi connectivity index (χ0n) is 10.6. The summed E-state index contributed by atoms with van der Waals surface area (Å²) in [6.07, 6.45) is 0. The van der Waals surface area contributed by atoms with Crippen molar-refractivity contribution in [3.63, 3.8) is 0 Å². The third-order valence-electron chi connectivity index (χ3n) is 3.12. The van der Waals surface area contributed by atoms with Crippen LogP contribution in [0.2, 0.25) is 0 Å². The van der Waals surface area contributed by atoms with Gasteiger partial charge in [0, 0.05) is 14.6 Å². The Morgan fingerprint density at radius 3 is 2.74 bits per heavy atom. The van der Waals surface area contributed by atoms with E-state index in [1.807, 2.05) is 18.2 Å². The normalized spacial score (nSPS) is 10.8. The van der Waals surface area contributed by atoms with Gasteiger partial charge in [-0.1, -0.05) is 24.3 Å². The molecule has 1 aromatic heterocycles.